The van der Waals surface area contributed by atoms with Gasteiger partial charge in [-0.25, -0.2) is 9.78 Å². The number of benzene rings is 2. The first-order valence-corrected chi connectivity index (χ1v) is 10.2. The van der Waals surface area contributed by atoms with Crippen molar-refractivity contribution in [2.45, 2.75) is 12.6 Å². The van der Waals surface area contributed by atoms with E-state index in [2.05, 4.69) is 15.6 Å². The zero-order valence-corrected chi connectivity index (χ0v) is 16.9. The molecule has 1 aromatic heterocycles. The number of alkyl halides is 3. The fourth-order valence-electron chi connectivity index (χ4n) is 3.21. The molecule has 6 nitrogen and oxygen atoms in total. The van der Waals surface area contributed by atoms with Gasteiger partial charge in [-0.1, -0.05) is 24.3 Å². The van der Waals surface area contributed by atoms with E-state index < -0.39 is 11.7 Å². The Morgan fingerprint density at radius 1 is 1.19 bits per heavy atom. The number of hydrogen-bond donors (Lipinski definition) is 2. The molecule has 2 aromatic carbocycles. The van der Waals surface area contributed by atoms with E-state index in [9.17, 15) is 22.8 Å². The molecule has 3 aromatic rings. The van der Waals surface area contributed by atoms with Crippen LogP contribution in [0.25, 0.3) is 0 Å². The molecule has 1 aliphatic rings. The minimum atomic E-state index is -4.40. The molecule has 0 saturated carbocycles. The van der Waals surface area contributed by atoms with E-state index >= 15 is 0 Å². The highest BCUT2D eigenvalue weighted by Crippen LogP contribution is 2.30. The first-order valence-electron chi connectivity index (χ1n) is 9.37. The molecular formula is C21H17F3N4O2S. The number of nitrogens with zero attached hydrogens (tertiary/aromatic N) is 2. The molecule has 0 spiro atoms. The Balaban J connectivity index is 1.43. The Hall–Kier alpha value is -3.40. The number of anilines is 2. The average Bonchev–Trinajstić information content (AvgIpc) is 3.36. The molecule has 1 saturated heterocycles. The van der Waals surface area contributed by atoms with E-state index in [1.54, 1.807) is 35.2 Å². The third-order valence-corrected chi connectivity index (χ3v) is 5.60. The molecular weight excluding hydrogens is 429 g/mol. The van der Waals surface area contributed by atoms with Gasteiger partial charge in [-0.3, -0.25) is 15.0 Å². The second-order valence-electron chi connectivity index (χ2n) is 6.89. The first kappa shape index (κ1) is 20.9. The lowest BCUT2D eigenvalue weighted by molar-refractivity contribution is -0.137. The second kappa shape index (κ2) is 8.38. The quantitative estimate of drug-likeness (QED) is 0.605. The van der Waals surface area contributed by atoms with Gasteiger partial charge in [-0.05, 0) is 29.8 Å². The Morgan fingerprint density at radius 2 is 2.00 bits per heavy atom. The van der Waals surface area contributed by atoms with Crippen molar-refractivity contribution >= 4 is 34.1 Å². The normalized spacial score (nSPS) is 13.9. The number of rotatable bonds is 5. The number of hydrogen-bond acceptors (Lipinski definition) is 4. The van der Waals surface area contributed by atoms with Gasteiger partial charge in [0.25, 0.3) is 5.91 Å². The molecule has 31 heavy (non-hydrogen) atoms. The molecule has 0 atom stereocenters. The van der Waals surface area contributed by atoms with Crippen LogP contribution in [0.15, 0.2) is 54.7 Å². The van der Waals surface area contributed by atoms with Crippen molar-refractivity contribution in [3.63, 3.8) is 0 Å². The van der Waals surface area contributed by atoms with Crippen LogP contribution in [0.5, 0.6) is 0 Å². The van der Waals surface area contributed by atoms with Gasteiger partial charge in [-0.2, -0.15) is 13.2 Å². The zero-order valence-electron chi connectivity index (χ0n) is 16.1. The SMILES string of the molecule is O=C(Nc1ncc(Cc2cccc(C(F)(F)F)c2)s1)c1cccc(N2CCNC2=O)c1. The van der Waals surface area contributed by atoms with Gasteiger partial charge in [-0.15, -0.1) is 11.3 Å². The molecule has 4 rings (SSSR count). The number of thiazole rings is 1. The summed E-state index contributed by atoms with van der Waals surface area (Å²) < 4.78 is 38.6. The zero-order chi connectivity index (χ0) is 22.0. The summed E-state index contributed by atoms with van der Waals surface area (Å²) in [5, 5.41) is 5.75. The van der Waals surface area contributed by atoms with Gasteiger partial charge in [0.2, 0.25) is 0 Å². The molecule has 2 N–H and O–H groups in total. The Kier molecular flexibility index (Phi) is 5.64. The van der Waals surface area contributed by atoms with Gasteiger partial charge in [0.15, 0.2) is 5.13 Å². The number of halogens is 3. The minimum absolute atomic E-state index is 0.211. The van der Waals surface area contributed by atoms with E-state index in [4.69, 9.17) is 0 Å². The smallest absolute Gasteiger partial charge is 0.336 e. The third-order valence-electron chi connectivity index (χ3n) is 4.68. The van der Waals surface area contributed by atoms with Crippen molar-refractivity contribution in [1.82, 2.24) is 10.3 Å². The van der Waals surface area contributed by atoms with Crippen molar-refractivity contribution in [3.8, 4) is 0 Å². The predicted molar refractivity (Wildman–Crippen MR) is 112 cm³/mol. The van der Waals surface area contributed by atoms with E-state index in [0.29, 0.717) is 35.0 Å². The Morgan fingerprint density at radius 3 is 2.74 bits per heavy atom. The minimum Gasteiger partial charge on any atom is -0.336 e. The molecule has 1 aliphatic heterocycles. The van der Waals surface area contributed by atoms with Crippen molar-refractivity contribution in [1.29, 1.82) is 0 Å². The highest BCUT2D eigenvalue weighted by molar-refractivity contribution is 7.15. The fourth-order valence-corrected chi connectivity index (χ4v) is 4.05. The largest absolute Gasteiger partial charge is 0.416 e. The number of nitrogens with one attached hydrogen (secondary N) is 2. The molecule has 0 aliphatic carbocycles. The predicted octanol–water partition coefficient (Wildman–Crippen LogP) is 4.53. The van der Waals surface area contributed by atoms with E-state index in [1.807, 2.05) is 0 Å². The van der Waals surface area contributed by atoms with Crippen LogP contribution in [-0.4, -0.2) is 30.0 Å². The van der Waals surface area contributed by atoms with Gasteiger partial charge in [0.1, 0.15) is 0 Å². The summed E-state index contributed by atoms with van der Waals surface area (Å²) in [6, 6.07) is 11.6. The Bertz CT molecular complexity index is 1130. The van der Waals surface area contributed by atoms with Crippen molar-refractivity contribution in [3.05, 3.63) is 76.3 Å². The molecule has 0 radical (unpaired) electrons. The van der Waals surface area contributed by atoms with Gasteiger partial charge in [0, 0.05) is 41.8 Å². The lowest BCUT2D eigenvalue weighted by atomic mass is 10.1. The van der Waals surface area contributed by atoms with Crippen molar-refractivity contribution < 1.29 is 22.8 Å². The maximum absolute atomic E-state index is 12.9. The summed E-state index contributed by atoms with van der Waals surface area (Å²) in [4.78, 5) is 30.8. The number of urea groups is 1. The molecule has 3 amide bonds. The van der Waals surface area contributed by atoms with Crippen LogP contribution in [0, 0.1) is 0 Å². The number of aromatic nitrogens is 1. The summed E-state index contributed by atoms with van der Waals surface area (Å²) in [6.07, 6.45) is -2.59. The lowest BCUT2D eigenvalue weighted by Gasteiger charge is -2.14. The first-order chi connectivity index (χ1) is 14.8. The summed E-state index contributed by atoms with van der Waals surface area (Å²) in [6.45, 7) is 1.07. The molecule has 1 fully saturated rings. The second-order valence-corrected chi connectivity index (χ2v) is 8.01. The van der Waals surface area contributed by atoms with Gasteiger partial charge >= 0.3 is 12.2 Å². The van der Waals surface area contributed by atoms with E-state index in [-0.39, 0.29) is 18.4 Å². The number of amides is 3. The Labute approximate surface area is 179 Å². The van der Waals surface area contributed by atoms with Crippen molar-refractivity contribution in [2.75, 3.05) is 23.3 Å². The summed E-state index contributed by atoms with van der Waals surface area (Å²) in [5.74, 6) is -0.388. The van der Waals surface area contributed by atoms with Crippen LogP contribution < -0.4 is 15.5 Å². The van der Waals surface area contributed by atoms with E-state index in [1.165, 1.54) is 23.6 Å². The summed E-state index contributed by atoms with van der Waals surface area (Å²) >= 11 is 1.20. The van der Waals surface area contributed by atoms with Gasteiger partial charge < -0.3 is 5.32 Å². The molecule has 2 heterocycles. The maximum Gasteiger partial charge on any atom is 0.416 e. The highest BCUT2D eigenvalue weighted by atomic mass is 32.1. The topological polar surface area (TPSA) is 74.3 Å². The molecule has 0 unspecified atom stereocenters. The van der Waals surface area contributed by atoms with Crippen LogP contribution in [0.4, 0.5) is 28.8 Å². The van der Waals surface area contributed by atoms with Crippen LogP contribution in [0.2, 0.25) is 0 Å². The van der Waals surface area contributed by atoms with Gasteiger partial charge in [0.05, 0.1) is 5.56 Å². The lowest BCUT2D eigenvalue weighted by Crippen LogP contribution is -2.27. The summed E-state index contributed by atoms with van der Waals surface area (Å²) in [7, 11) is 0. The van der Waals surface area contributed by atoms with Crippen LogP contribution in [-0.2, 0) is 12.6 Å². The molecule has 160 valence electrons. The van der Waals surface area contributed by atoms with E-state index in [0.717, 1.165) is 17.0 Å². The van der Waals surface area contributed by atoms with Crippen LogP contribution in [0.1, 0.15) is 26.4 Å². The number of carbonyl (C=O) groups excluding carboxylic acids is 2. The number of carbonyl (C=O) groups is 2. The highest BCUT2D eigenvalue weighted by Gasteiger charge is 2.30. The third kappa shape index (κ3) is 4.85. The van der Waals surface area contributed by atoms with Crippen molar-refractivity contribution in [2.24, 2.45) is 0 Å². The average molecular weight is 446 g/mol. The van der Waals surface area contributed by atoms with Crippen LogP contribution >= 0.6 is 11.3 Å². The maximum atomic E-state index is 12.9. The van der Waals surface area contributed by atoms with Crippen LogP contribution in [0.3, 0.4) is 0 Å². The monoisotopic (exact) mass is 446 g/mol. The standard InChI is InChI=1S/C21H17F3N4O2S/c22-21(23,24)15-5-1-3-13(9-15)10-17-12-26-19(31-17)27-18(29)14-4-2-6-16(11-14)28-8-7-25-20(28)30/h1-6,9,11-12H,7-8,10H2,(H,25,30)(H,26,27,29). The molecule has 0 bridgehead atoms. The summed E-state index contributed by atoms with van der Waals surface area (Å²) in [5.41, 5.74) is 0.793. The fraction of sp³-hybridized carbons (Fsp3) is 0.190. The molecule has 10 heteroatoms.